The third-order valence-corrected chi connectivity index (χ3v) is 6.64. The van der Waals surface area contributed by atoms with Crippen LogP contribution in [0.3, 0.4) is 0 Å². The summed E-state index contributed by atoms with van der Waals surface area (Å²) < 4.78 is 5.46. The minimum atomic E-state index is 0.380. The molecule has 0 spiro atoms. The van der Waals surface area contributed by atoms with Gasteiger partial charge in [0, 0.05) is 9.75 Å². The molecular weight excluding hydrogens is 344 g/mol. The number of alkyl halides is 1. The van der Waals surface area contributed by atoms with E-state index in [0.717, 1.165) is 12.2 Å². The van der Waals surface area contributed by atoms with Crippen molar-refractivity contribution in [2.75, 3.05) is 7.11 Å². The molecule has 3 heteroatoms. The van der Waals surface area contributed by atoms with Crippen molar-refractivity contribution in [2.24, 2.45) is 0 Å². The monoisotopic (exact) mass is 364 g/mol. The standard InChI is InChI=1S/C18H21BrOS/c1-20-16-9-6-5-7-13(16)11-15(19)18-12-14-8-3-2-4-10-17(14)21-18/h5-7,9,12,15H,2-4,8,10-11H2,1H3. The molecule has 0 saturated carbocycles. The predicted molar refractivity (Wildman–Crippen MR) is 93.9 cm³/mol. The Hall–Kier alpha value is -0.800. The van der Waals surface area contributed by atoms with E-state index in [-0.39, 0.29) is 0 Å². The number of hydrogen-bond donors (Lipinski definition) is 0. The Morgan fingerprint density at radius 1 is 1.19 bits per heavy atom. The summed E-state index contributed by atoms with van der Waals surface area (Å²) in [6.45, 7) is 0. The number of methoxy groups -OCH3 is 1. The highest BCUT2D eigenvalue weighted by Crippen LogP contribution is 2.38. The minimum absolute atomic E-state index is 0.380. The average Bonchev–Trinajstić information content (AvgIpc) is 2.79. The second-order valence-corrected chi connectivity index (χ2v) is 7.91. The normalized spacial score (nSPS) is 16.1. The van der Waals surface area contributed by atoms with Gasteiger partial charge in [-0.05, 0) is 55.4 Å². The Morgan fingerprint density at radius 3 is 2.86 bits per heavy atom. The maximum Gasteiger partial charge on any atom is 0.122 e. The molecule has 1 heterocycles. The highest BCUT2D eigenvalue weighted by atomic mass is 79.9. The molecule has 1 aliphatic carbocycles. The Kier molecular flexibility index (Phi) is 5.02. The van der Waals surface area contributed by atoms with Crippen molar-refractivity contribution in [3.05, 3.63) is 51.2 Å². The molecule has 1 atom stereocenters. The van der Waals surface area contributed by atoms with Crippen LogP contribution >= 0.6 is 27.3 Å². The summed E-state index contributed by atoms with van der Waals surface area (Å²) in [5, 5.41) is 0. The van der Waals surface area contributed by atoms with Gasteiger partial charge in [0.2, 0.25) is 0 Å². The maximum atomic E-state index is 5.46. The van der Waals surface area contributed by atoms with Gasteiger partial charge in [-0.2, -0.15) is 0 Å². The topological polar surface area (TPSA) is 9.23 Å². The van der Waals surface area contributed by atoms with E-state index in [1.165, 1.54) is 42.5 Å². The fraction of sp³-hybridized carbons (Fsp3) is 0.444. The molecule has 0 radical (unpaired) electrons. The first-order chi connectivity index (χ1) is 10.3. The molecule has 1 aromatic heterocycles. The molecule has 1 aromatic carbocycles. The Bertz CT molecular complexity index is 582. The molecule has 1 unspecified atom stereocenters. The van der Waals surface area contributed by atoms with Gasteiger partial charge >= 0.3 is 0 Å². The number of benzene rings is 1. The molecular formula is C18H21BrOS. The van der Waals surface area contributed by atoms with Crippen molar-refractivity contribution in [2.45, 2.75) is 43.4 Å². The lowest BCUT2D eigenvalue weighted by atomic mass is 10.1. The Labute approximate surface area is 139 Å². The number of thiophene rings is 1. The SMILES string of the molecule is COc1ccccc1CC(Br)c1cc2c(s1)CCCCC2. The summed E-state index contributed by atoms with van der Waals surface area (Å²) in [4.78, 5) is 3.46. The molecule has 0 fully saturated rings. The van der Waals surface area contributed by atoms with E-state index < -0.39 is 0 Å². The van der Waals surface area contributed by atoms with Crippen LogP contribution in [0.2, 0.25) is 0 Å². The number of aryl methyl sites for hydroxylation is 2. The zero-order valence-corrected chi connectivity index (χ0v) is 14.8. The summed E-state index contributed by atoms with van der Waals surface area (Å²) in [6, 6.07) is 10.7. The van der Waals surface area contributed by atoms with E-state index >= 15 is 0 Å². The third-order valence-electron chi connectivity index (χ3n) is 4.17. The Balaban J connectivity index is 1.77. The first-order valence-corrected chi connectivity index (χ1v) is 9.38. The van der Waals surface area contributed by atoms with E-state index in [1.807, 2.05) is 23.5 Å². The van der Waals surface area contributed by atoms with Crippen LogP contribution in [0.25, 0.3) is 0 Å². The molecule has 2 aromatic rings. The number of rotatable bonds is 4. The van der Waals surface area contributed by atoms with Crippen LogP contribution in [0.1, 0.15) is 45.0 Å². The van der Waals surface area contributed by atoms with E-state index in [0.29, 0.717) is 4.83 Å². The second kappa shape index (κ2) is 6.97. The van der Waals surface area contributed by atoms with Crippen molar-refractivity contribution in [1.82, 2.24) is 0 Å². The summed E-state index contributed by atoms with van der Waals surface area (Å²) >= 11 is 5.89. The minimum Gasteiger partial charge on any atom is -0.496 e. The van der Waals surface area contributed by atoms with Crippen LogP contribution in [-0.2, 0) is 19.3 Å². The van der Waals surface area contributed by atoms with Crippen LogP contribution in [-0.4, -0.2) is 7.11 Å². The van der Waals surface area contributed by atoms with Gasteiger partial charge in [-0.1, -0.05) is 40.5 Å². The van der Waals surface area contributed by atoms with Gasteiger partial charge in [-0.3, -0.25) is 0 Å². The average molecular weight is 365 g/mol. The van der Waals surface area contributed by atoms with Gasteiger partial charge in [-0.25, -0.2) is 0 Å². The maximum absolute atomic E-state index is 5.46. The number of halogens is 1. The molecule has 21 heavy (non-hydrogen) atoms. The van der Waals surface area contributed by atoms with Gasteiger partial charge < -0.3 is 4.74 Å². The molecule has 0 N–H and O–H groups in total. The lowest BCUT2D eigenvalue weighted by Gasteiger charge is -2.11. The zero-order chi connectivity index (χ0) is 14.7. The Morgan fingerprint density at radius 2 is 2.00 bits per heavy atom. The molecule has 0 aliphatic heterocycles. The lowest BCUT2D eigenvalue weighted by molar-refractivity contribution is 0.409. The molecule has 0 saturated heterocycles. The summed E-state index contributed by atoms with van der Waals surface area (Å²) in [7, 11) is 1.75. The van der Waals surface area contributed by atoms with E-state index in [9.17, 15) is 0 Å². The van der Waals surface area contributed by atoms with E-state index in [4.69, 9.17) is 4.74 Å². The number of para-hydroxylation sites is 1. The highest BCUT2D eigenvalue weighted by molar-refractivity contribution is 9.09. The first-order valence-electron chi connectivity index (χ1n) is 7.65. The largest absolute Gasteiger partial charge is 0.496 e. The lowest BCUT2D eigenvalue weighted by Crippen LogP contribution is -1.96. The molecule has 3 rings (SSSR count). The molecule has 1 nitrogen and oxygen atoms in total. The summed E-state index contributed by atoms with van der Waals surface area (Å²) in [6.07, 6.45) is 7.60. The molecule has 0 bridgehead atoms. The fourth-order valence-electron chi connectivity index (χ4n) is 3.01. The third kappa shape index (κ3) is 3.51. The highest BCUT2D eigenvalue weighted by Gasteiger charge is 2.18. The van der Waals surface area contributed by atoms with E-state index in [2.05, 4.69) is 34.1 Å². The molecule has 0 amide bonds. The van der Waals surface area contributed by atoms with Gasteiger partial charge in [0.1, 0.15) is 5.75 Å². The predicted octanol–water partition coefficient (Wildman–Crippen LogP) is 5.70. The van der Waals surface area contributed by atoms with Crippen molar-refractivity contribution in [3.63, 3.8) is 0 Å². The van der Waals surface area contributed by atoms with Crippen LogP contribution in [0.15, 0.2) is 30.3 Å². The van der Waals surface area contributed by atoms with Gasteiger partial charge in [-0.15, -0.1) is 11.3 Å². The van der Waals surface area contributed by atoms with Gasteiger partial charge in [0.25, 0.3) is 0 Å². The van der Waals surface area contributed by atoms with Crippen LogP contribution in [0.4, 0.5) is 0 Å². The number of fused-ring (bicyclic) bond motifs is 1. The van der Waals surface area contributed by atoms with Crippen molar-refractivity contribution in [1.29, 1.82) is 0 Å². The van der Waals surface area contributed by atoms with Gasteiger partial charge in [0.05, 0.1) is 11.9 Å². The number of hydrogen-bond acceptors (Lipinski definition) is 2. The quantitative estimate of drug-likeness (QED) is 0.499. The van der Waals surface area contributed by atoms with Crippen LogP contribution in [0, 0.1) is 0 Å². The summed E-state index contributed by atoms with van der Waals surface area (Å²) in [5.74, 6) is 0.986. The smallest absolute Gasteiger partial charge is 0.122 e. The van der Waals surface area contributed by atoms with Crippen molar-refractivity contribution in [3.8, 4) is 5.75 Å². The van der Waals surface area contributed by atoms with E-state index in [1.54, 1.807) is 17.6 Å². The van der Waals surface area contributed by atoms with Gasteiger partial charge in [0.15, 0.2) is 0 Å². The second-order valence-electron chi connectivity index (χ2n) is 5.64. The number of ether oxygens (including phenoxy) is 1. The van der Waals surface area contributed by atoms with Crippen LogP contribution < -0.4 is 4.74 Å². The van der Waals surface area contributed by atoms with Crippen molar-refractivity contribution >= 4 is 27.3 Å². The summed E-state index contributed by atoms with van der Waals surface area (Å²) in [5.41, 5.74) is 2.86. The molecule has 112 valence electrons. The first kappa shape index (κ1) is 15.1. The molecule has 1 aliphatic rings. The fourth-order valence-corrected chi connectivity index (χ4v) is 5.01. The van der Waals surface area contributed by atoms with Crippen LogP contribution in [0.5, 0.6) is 5.75 Å². The van der Waals surface area contributed by atoms with Crippen molar-refractivity contribution < 1.29 is 4.74 Å². The zero-order valence-electron chi connectivity index (χ0n) is 12.4.